The summed E-state index contributed by atoms with van der Waals surface area (Å²) in [5.41, 5.74) is 1.93. The number of pyridine rings is 1. The standard InChI is InChI=1S/C17H23NO/c1-3-5-8-13(4-2)17(19)15-11-14-9-6-7-10-16(14)18-12-15/h6-7,9-13,17,19H,3-5,8H2,1-2H3. The minimum Gasteiger partial charge on any atom is -0.388 e. The summed E-state index contributed by atoms with van der Waals surface area (Å²) in [5.74, 6) is 0.336. The molecule has 0 saturated heterocycles. The highest BCUT2D eigenvalue weighted by Gasteiger charge is 2.19. The lowest BCUT2D eigenvalue weighted by atomic mass is 9.89. The molecule has 2 unspecified atom stereocenters. The second-order valence-corrected chi connectivity index (χ2v) is 5.22. The first-order valence-corrected chi connectivity index (χ1v) is 7.29. The van der Waals surface area contributed by atoms with Crippen LogP contribution in [0.2, 0.25) is 0 Å². The Hall–Kier alpha value is -1.41. The Bertz CT molecular complexity index is 523. The van der Waals surface area contributed by atoms with E-state index in [1.165, 1.54) is 12.8 Å². The molecule has 102 valence electrons. The number of rotatable bonds is 6. The Kier molecular flexibility index (Phi) is 4.92. The van der Waals surface area contributed by atoms with Crippen molar-refractivity contribution in [1.29, 1.82) is 0 Å². The van der Waals surface area contributed by atoms with E-state index < -0.39 is 6.10 Å². The summed E-state index contributed by atoms with van der Waals surface area (Å²) in [6.07, 6.45) is 5.88. The maximum absolute atomic E-state index is 10.5. The molecule has 1 N–H and O–H groups in total. The van der Waals surface area contributed by atoms with E-state index in [2.05, 4.69) is 24.9 Å². The van der Waals surface area contributed by atoms with Crippen molar-refractivity contribution in [3.63, 3.8) is 0 Å². The predicted molar refractivity (Wildman–Crippen MR) is 80.0 cm³/mol. The van der Waals surface area contributed by atoms with Crippen LogP contribution in [0.25, 0.3) is 10.9 Å². The van der Waals surface area contributed by atoms with Crippen LogP contribution >= 0.6 is 0 Å². The molecule has 0 aliphatic rings. The van der Waals surface area contributed by atoms with Crippen molar-refractivity contribution in [3.05, 3.63) is 42.1 Å². The molecule has 1 heterocycles. The third-order valence-corrected chi connectivity index (χ3v) is 3.85. The fourth-order valence-corrected chi connectivity index (χ4v) is 2.57. The van der Waals surface area contributed by atoms with Gasteiger partial charge in [0.05, 0.1) is 11.6 Å². The van der Waals surface area contributed by atoms with E-state index in [-0.39, 0.29) is 0 Å². The van der Waals surface area contributed by atoms with Crippen LogP contribution in [-0.2, 0) is 0 Å². The quantitative estimate of drug-likeness (QED) is 0.827. The Labute approximate surface area is 115 Å². The molecule has 0 spiro atoms. The lowest BCUT2D eigenvalue weighted by molar-refractivity contribution is 0.0987. The van der Waals surface area contributed by atoms with Crippen molar-refractivity contribution >= 4 is 10.9 Å². The van der Waals surface area contributed by atoms with E-state index in [1.807, 2.05) is 30.5 Å². The molecule has 19 heavy (non-hydrogen) atoms. The van der Waals surface area contributed by atoms with Crippen LogP contribution in [0.4, 0.5) is 0 Å². The highest BCUT2D eigenvalue weighted by atomic mass is 16.3. The molecule has 0 aliphatic carbocycles. The molecule has 1 aromatic carbocycles. The second kappa shape index (κ2) is 6.67. The van der Waals surface area contributed by atoms with E-state index in [1.54, 1.807) is 0 Å². The van der Waals surface area contributed by atoms with Crippen molar-refractivity contribution in [1.82, 2.24) is 4.98 Å². The van der Waals surface area contributed by atoms with Crippen molar-refractivity contribution in [2.75, 3.05) is 0 Å². The first-order chi connectivity index (χ1) is 9.26. The van der Waals surface area contributed by atoms with Gasteiger partial charge in [0, 0.05) is 11.6 Å². The number of aliphatic hydroxyl groups excluding tert-OH is 1. The van der Waals surface area contributed by atoms with Gasteiger partial charge in [0.1, 0.15) is 0 Å². The second-order valence-electron chi connectivity index (χ2n) is 5.22. The highest BCUT2D eigenvalue weighted by molar-refractivity contribution is 5.78. The van der Waals surface area contributed by atoms with Gasteiger partial charge in [-0.3, -0.25) is 4.98 Å². The van der Waals surface area contributed by atoms with Gasteiger partial charge in [0.2, 0.25) is 0 Å². The van der Waals surface area contributed by atoms with Crippen molar-refractivity contribution < 1.29 is 5.11 Å². The molecule has 2 nitrogen and oxygen atoms in total. The normalized spacial score (nSPS) is 14.5. The summed E-state index contributed by atoms with van der Waals surface area (Å²) in [6.45, 7) is 4.34. The molecule has 0 fully saturated rings. The third-order valence-electron chi connectivity index (χ3n) is 3.85. The summed E-state index contributed by atoms with van der Waals surface area (Å²) in [6, 6.07) is 10.1. The van der Waals surface area contributed by atoms with Crippen molar-refractivity contribution in [3.8, 4) is 0 Å². The SMILES string of the molecule is CCCCC(CC)C(O)c1cnc2ccccc2c1. The van der Waals surface area contributed by atoms with Gasteiger partial charge in [0.15, 0.2) is 0 Å². The van der Waals surface area contributed by atoms with Crippen LogP contribution in [0, 0.1) is 5.92 Å². The van der Waals surface area contributed by atoms with Gasteiger partial charge < -0.3 is 5.11 Å². The maximum atomic E-state index is 10.5. The number of para-hydroxylation sites is 1. The molecule has 2 atom stereocenters. The Morgan fingerprint density at radius 2 is 2.00 bits per heavy atom. The fraction of sp³-hybridized carbons (Fsp3) is 0.471. The summed E-state index contributed by atoms with van der Waals surface area (Å²) in [4.78, 5) is 4.44. The zero-order chi connectivity index (χ0) is 13.7. The summed E-state index contributed by atoms with van der Waals surface area (Å²) in [5, 5.41) is 11.6. The van der Waals surface area contributed by atoms with Crippen LogP contribution in [0.5, 0.6) is 0 Å². The van der Waals surface area contributed by atoms with Gasteiger partial charge in [0.25, 0.3) is 0 Å². The van der Waals surface area contributed by atoms with E-state index in [9.17, 15) is 5.11 Å². The average Bonchev–Trinajstić information content (AvgIpc) is 2.47. The zero-order valence-corrected chi connectivity index (χ0v) is 11.8. The molecule has 2 rings (SSSR count). The van der Waals surface area contributed by atoms with Gasteiger partial charge in [-0.05, 0) is 30.0 Å². The van der Waals surface area contributed by atoms with Crippen LogP contribution in [0.3, 0.4) is 0 Å². The molecule has 2 aromatic rings. The largest absolute Gasteiger partial charge is 0.388 e. The minimum atomic E-state index is -0.395. The molecular formula is C17H23NO. The zero-order valence-electron chi connectivity index (χ0n) is 11.8. The summed E-state index contributed by atoms with van der Waals surface area (Å²) in [7, 11) is 0. The van der Waals surface area contributed by atoms with Gasteiger partial charge >= 0.3 is 0 Å². The Balaban J connectivity index is 2.21. The van der Waals surface area contributed by atoms with Crippen LogP contribution in [0.15, 0.2) is 36.5 Å². The number of aliphatic hydroxyl groups is 1. The smallest absolute Gasteiger partial charge is 0.0833 e. The maximum Gasteiger partial charge on any atom is 0.0833 e. The molecule has 0 radical (unpaired) electrons. The highest BCUT2D eigenvalue weighted by Crippen LogP contribution is 2.29. The molecule has 0 saturated carbocycles. The number of fused-ring (bicyclic) bond motifs is 1. The van der Waals surface area contributed by atoms with Gasteiger partial charge in [-0.15, -0.1) is 0 Å². The van der Waals surface area contributed by atoms with Gasteiger partial charge in [-0.1, -0.05) is 51.3 Å². The molecular weight excluding hydrogens is 234 g/mol. The molecule has 0 bridgehead atoms. The van der Waals surface area contributed by atoms with Gasteiger partial charge in [-0.25, -0.2) is 0 Å². The van der Waals surface area contributed by atoms with Crippen LogP contribution in [-0.4, -0.2) is 10.1 Å². The Morgan fingerprint density at radius 3 is 2.74 bits per heavy atom. The molecule has 0 aliphatic heterocycles. The number of hydrogen-bond acceptors (Lipinski definition) is 2. The summed E-state index contributed by atoms with van der Waals surface area (Å²) >= 11 is 0. The van der Waals surface area contributed by atoms with Crippen LogP contribution < -0.4 is 0 Å². The Morgan fingerprint density at radius 1 is 1.21 bits per heavy atom. The number of hydrogen-bond donors (Lipinski definition) is 1. The topological polar surface area (TPSA) is 33.1 Å². The first kappa shape index (κ1) is 14.0. The van der Waals surface area contributed by atoms with Crippen molar-refractivity contribution in [2.45, 2.75) is 45.6 Å². The third kappa shape index (κ3) is 3.32. The molecule has 0 amide bonds. The summed E-state index contributed by atoms with van der Waals surface area (Å²) < 4.78 is 0. The minimum absolute atomic E-state index is 0.336. The van der Waals surface area contributed by atoms with E-state index in [0.29, 0.717) is 5.92 Å². The monoisotopic (exact) mass is 257 g/mol. The fourth-order valence-electron chi connectivity index (χ4n) is 2.57. The number of nitrogens with zero attached hydrogens (tertiary/aromatic N) is 1. The average molecular weight is 257 g/mol. The van der Waals surface area contributed by atoms with Crippen LogP contribution in [0.1, 0.15) is 51.2 Å². The number of benzene rings is 1. The van der Waals surface area contributed by atoms with Gasteiger partial charge in [-0.2, -0.15) is 0 Å². The number of aromatic nitrogens is 1. The predicted octanol–water partition coefficient (Wildman–Crippen LogP) is 4.48. The molecule has 2 heteroatoms. The first-order valence-electron chi connectivity index (χ1n) is 7.29. The lowest BCUT2D eigenvalue weighted by Gasteiger charge is -2.21. The van der Waals surface area contributed by atoms with E-state index in [4.69, 9.17) is 0 Å². The lowest BCUT2D eigenvalue weighted by Crippen LogP contribution is -2.12. The van der Waals surface area contributed by atoms with Crippen molar-refractivity contribution in [2.24, 2.45) is 5.92 Å². The number of unbranched alkanes of at least 4 members (excludes halogenated alkanes) is 1. The van der Waals surface area contributed by atoms with E-state index >= 15 is 0 Å². The molecule has 1 aromatic heterocycles. The van der Waals surface area contributed by atoms with E-state index in [0.717, 1.165) is 29.3 Å².